The molecule has 0 saturated carbocycles. The van der Waals surface area contributed by atoms with Gasteiger partial charge >= 0.3 is 11.8 Å². The lowest BCUT2D eigenvalue weighted by atomic mass is 10.1. The number of unbranched alkanes of at least 4 members (excludes halogenated alkanes) is 2. The molecule has 0 aromatic heterocycles. The van der Waals surface area contributed by atoms with E-state index in [0.717, 1.165) is 36.9 Å². The Bertz CT molecular complexity index is 516. The van der Waals surface area contributed by atoms with Crippen LogP contribution in [0.3, 0.4) is 0 Å². The Morgan fingerprint density at radius 2 is 2.05 bits per heavy atom. The first kappa shape index (κ1) is 15.5. The first-order valence-corrected chi connectivity index (χ1v) is 7.45. The van der Waals surface area contributed by atoms with Crippen molar-refractivity contribution in [1.82, 2.24) is 5.32 Å². The highest BCUT2D eigenvalue weighted by molar-refractivity contribution is 6.40. The van der Waals surface area contributed by atoms with Crippen molar-refractivity contribution in [2.24, 2.45) is 0 Å². The summed E-state index contributed by atoms with van der Waals surface area (Å²) in [7, 11) is 0. The fourth-order valence-electron chi connectivity index (χ4n) is 2.68. The third kappa shape index (κ3) is 3.61. The van der Waals surface area contributed by atoms with E-state index in [1.165, 1.54) is 0 Å². The zero-order chi connectivity index (χ0) is 15.2. The summed E-state index contributed by atoms with van der Waals surface area (Å²) in [6.07, 6.45) is 3.12. The van der Waals surface area contributed by atoms with E-state index in [9.17, 15) is 9.59 Å². The number of para-hydroxylation sites is 1. The second-order valence-electron chi connectivity index (χ2n) is 5.40. The number of carbonyl (C=O) groups is 2. The van der Waals surface area contributed by atoms with Crippen LogP contribution in [-0.2, 0) is 16.0 Å². The van der Waals surface area contributed by atoms with Crippen LogP contribution in [0.25, 0.3) is 0 Å². The Morgan fingerprint density at radius 1 is 1.29 bits per heavy atom. The molecule has 2 rings (SSSR count). The van der Waals surface area contributed by atoms with Gasteiger partial charge in [-0.2, -0.15) is 0 Å². The van der Waals surface area contributed by atoms with E-state index in [1.54, 1.807) is 4.90 Å². The van der Waals surface area contributed by atoms with Gasteiger partial charge < -0.3 is 15.3 Å². The summed E-state index contributed by atoms with van der Waals surface area (Å²) in [6.45, 7) is 2.58. The minimum atomic E-state index is -0.553. The molecule has 5 nitrogen and oxygen atoms in total. The van der Waals surface area contributed by atoms with Crippen LogP contribution in [0.5, 0.6) is 0 Å². The van der Waals surface area contributed by atoms with Gasteiger partial charge in [-0.3, -0.25) is 9.59 Å². The Labute approximate surface area is 125 Å². The normalized spacial score (nSPS) is 16.7. The van der Waals surface area contributed by atoms with Crippen molar-refractivity contribution in [1.29, 1.82) is 0 Å². The minimum absolute atomic E-state index is 0.00930. The number of nitrogens with one attached hydrogen (secondary N) is 1. The summed E-state index contributed by atoms with van der Waals surface area (Å²) in [4.78, 5) is 25.9. The number of hydrogen-bond donors (Lipinski definition) is 2. The fraction of sp³-hybridized carbons (Fsp3) is 0.500. The highest BCUT2D eigenvalue weighted by atomic mass is 16.3. The van der Waals surface area contributed by atoms with Crippen LogP contribution in [0.1, 0.15) is 31.7 Å². The average molecular weight is 290 g/mol. The van der Waals surface area contributed by atoms with Gasteiger partial charge in [-0.25, -0.2) is 0 Å². The third-order valence-electron chi connectivity index (χ3n) is 3.74. The topological polar surface area (TPSA) is 69.6 Å². The second-order valence-corrected chi connectivity index (χ2v) is 5.40. The predicted molar refractivity (Wildman–Crippen MR) is 81.0 cm³/mol. The monoisotopic (exact) mass is 290 g/mol. The molecule has 1 aromatic rings. The molecule has 0 saturated heterocycles. The van der Waals surface area contributed by atoms with Crippen LogP contribution < -0.4 is 10.2 Å². The van der Waals surface area contributed by atoms with Crippen molar-refractivity contribution in [2.45, 2.75) is 38.6 Å². The molecule has 2 N–H and O–H groups in total. The van der Waals surface area contributed by atoms with Crippen LogP contribution in [0.4, 0.5) is 5.69 Å². The molecule has 0 bridgehead atoms. The number of aliphatic hydroxyl groups excluding tert-OH is 1. The van der Waals surface area contributed by atoms with E-state index < -0.39 is 11.8 Å². The largest absolute Gasteiger partial charge is 0.396 e. The number of nitrogens with zero attached hydrogens (tertiary/aromatic N) is 1. The SMILES string of the molecule is CC1Cc2ccccc2N1C(=O)C(=O)NCCCCCO. The molecule has 1 aliphatic heterocycles. The van der Waals surface area contributed by atoms with E-state index in [-0.39, 0.29) is 12.6 Å². The standard InChI is InChI=1S/C16H22N2O3/c1-12-11-13-7-3-4-8-14(13)18(12)16(21)15(20)17-9-5-2-6-10-19/h3-4,7-8,12,19H,2,5-6,9-11H2,1H3,(H,17,20). The third-order valence-corrected chi connectivity index (χ3v) is 3.74. The molecule has 2 amide bonds. The molecule has 21 heavy (non-hydrogen) atoms. The molecular weight excluding hydrogens is 268 g/mol. The Hall–Kier alpha value is -1.88. The Kier molecular flexibility index (Phi) is 5.33. The second kappa shape index (κ2) is 7.22. The number of carbonyl (C=O) groups excluding carboxylic acids is 2. The lowest BCUT2D eigenvalue weighted by Crippen LogP contribution is -2.45. The quantitative estimate of drug-likeness (QED) is 0.633. The lowest BCUT2D eigenvalue weighted by Gasteiger charge is -2.21. The molecule has 0 spiro atoms. The highest BCUT2D eigenvalue weighted by Crippen LogP contribution is 2.31. The average Bonchev–Trinajstić information content (AvgIpc) is 2.81. The molecule has 1 unspecified atom stereocenters. The van der Waals surface area contributed by atoms with Gasteiger partial charge in [0.05, 0.1) is 0 Å². The summed E-state index contributed by atoms with van der Waals surface area (Å²) in [6, 6.07) is 7.71. The molecule has 1 aromatic carbocycles. The highest BCUT2D eigenvalue weighted by Gasteiger charge is 2.33. The van der Waals surface area contributed by atoms with Crippen molar-refractivity contribution in [3.8, 4) is 0 Å². The van der Waals surface area contributed by atoms with Gasteiger partial charge in [-0.05, 0) is 44.2 Å². The number of hydrogen-bond acceptors (Lipinski definition) is 3. The fourth-order valence-corrected chi connectivity index (χ4v) is 2.68. The summed E-state index contributed by atoms with van der Waals surface area (Å²) in [5, 5.41) is 11.3. The van der Waals surface area contributed by atoms with Crippen molar-refractivity contribution < 1.29 is 14.7 Å². The van der Waals surface area contributed by atoms with Crippen LogP contribution in [0, 0.1) is 0 Å². The van der Waals surface area contributed by atoms with E-state index >= 15 is 0 Å². The summed E-state index contributed by atoms with van der Waals surface area (Å²) < 4.78 is 0. The Balaban J connectivity index is 1.92. The molecule has 1 heterocycles. The van der Waals surface area contributed by atoms with Crippen LogP contribution >= 0.6 is 0 Å². The molecule has 5 heteroatoms. The molecule has 0 aliphatic carbocycles. The van der Waals surface area contributed by atoms with Crippen LogP contribution in [-0.4, -0.2) is 36.1 Å². The molecule has 1 atom stereocenters. The van der Waals surface area contributed by atoms with Gasteiger partial charge in [0.1, 0.15) is 0 Å². The van der Waals surface area contributed by atoms with Crippen LogP contribution in [0.15, 0.2) is 24.3 Å². The Morgan fingerprint density at radius 3 is 2.81 bits per heavy atom. The van der Waals surface area contributed by atoms with E-state index in [4.69, 9.17) is 5.11 Å². The van der Waals surface area contributed by atoms with Gasteiger partial charge in [-0.15, -0.1) is 0 Å². The van der Waals surface area contributed by atoms with Gasteiger partial charge in [0.15, 0.2) is 0 Å². The maximum Gasteiger partial charge on any atom is 0.316 e. The summed E-state index contributed by atoms with van der Waals surface area (Å²) >= 11 is 0. The summed E-state index contributed by atoms with van der Waals surface area (Å²) in [5.74, 6) is -1.04. The predicted octanol–water partition coefficient (Wildman–Crippen LogP) is 1.24. The number of benzene rings is 1. The number of anilines is 1. The number of rotatable bonds is 5. The maximum absolute atomic E-state index is 12.3. The van der Waals surface area contributed by atoms with Crippen LogP contribution in [0.2, 0.25) is 0 Å². The van der Waals surface area contributed by atoms with E-state index in [1.807, 2.05) is 31.2 Å². The van der Waals surface area contributed by atoms with E-state index in [0.29, 0.717) is 6.54 Å². The van der Waals surface area contributed by atoms with Gasteiger partial charge in [0.25, 0.3) is 0 Å². The molecule has 114 valence electrons. The van der Waals surface area contributed by atoms with E-state index in [2.05, 4.69) is 5.32 Å². The van der Waals surface area contributed by atoms with Crippen molar-refractivity contribution in [2.75, 3.05) is 18.1 Å². The summed E-state index contributed by atoms with van der Waals surface area (Å²) in [5.41, 5.74) is 1.94. The zero-order valence-corrected chi connectivity index (χ0v) is 12.3. The van der Waals surface area contributed by atoms with Crippen molar-refractivity contribution in [3.63, 3.8) is 0 Å². The first-order valence-electron chi connectivity index (χ1n) is 7.45. The molecular formula is C16H22N2O3. The number of aliphatic hydroxyl groups is 1. The minimum Gasteiger partial charge on any atom is -0.396 e. The molecule has 0 radical (unpaired) electrons. The van der Waals surface area contributed by atoms with Crippen molar-refractivity contribution >= 4 is 17.5 Å². The first-order chi connectivity index (χ1) is 10.1. The van der Waals surface area contributed by atoms with Gasteiger partial charge in [-0.1, -0.05) is 18.2 Å². The molecule has 0 fully saturated rings. The zero-order valence-electron chi connectivity index (χ0n) is 12.3. The van der Waals surface area contributed by atoms with Gasteiger partial charge in [0.2, 0.25) is 0 Å². The maximum atomic E-state index is 12.3. The van der Waals surface area contributed by atoms with Crippen molar-refractivity contribution in [3.05, 3.63) is 29.8 Å². The number of fused-ring (bicyclic) bond motifs is 1. The van der Waals surface area contributed by atoms with Gasteiger partial charge in [0, 0.05) is 24.9 Å². The smallest absolute Gasteiger partial charge is 0.316 e. The molecule has 1 aliphatic rings. The number of amides is 2. The lowest BCUT2D eigenvalue weighted by molar-refractivity contribution is -0.137.